The molecular formula is C16H23NO. The molecule has 0 saturated heterocycles. The van der Waals surface area contributed by atoms with Crippen molar-refractivity contribution >= 4 is 0 Å². The fourth-order valence-electron chi connectivity index (χ4n) is 2.50. The molecule has 1 aliphatic rings. The minimum Gasteiger partial charge on any atom is -0.394 e. The van der Waals surface area contributed by atoms with Crippen LogP contribution >= 0.6 is 0 Å². The minimum atomic E-state index is 0.0419. The predicted octanol–water partition coefficient (Wildman–Crippen LogP) is 3.20. The summed E-state index contributed by atoms with van der Waals surface area (Å²) < 4.78 is 0. The molecule has 0 aliphatic heterocycles. The van der Waals surface area contributed by atoms with Gasteiger partial charge in [-0.25, -0.2) is 0 Å². The molecule has 0 bridgehead atoms. The van der Waals surface area contributed by atoms with E-state index in [1.54, 1.807) is 0 Å². The van der Waals surface area contributed by atoms with E-state index < -0.39 is 0 Å². The number of allylic oxidation sites excluding steroid dienone is 1. The van der Waals surface area contributed by atoms with Gasteiger partial charge in [-0.3, -0.25) is 0 Å². The molecule has 0 saturated carbocycles. The van der Waals surface area contributed by atoms with Crippen molar-refractivity contribution in [1.82, 2.24) is 5.32 Å². The molecule has 2 unspecified atom stereocenters. The Labute approximate surface area is 110 Å². The summed E-state index contributed by atoms with van der Waals surface area (Å²) >= 11 is 0. The van der Waals surface area contributed by atoms with E-state index in [1.807, 2.05) is 18.2 Å². The first-order valence-electron chi connectivity index (χ1n) is 6.98. The number of benzene rings is 1. The van der Waals surface area contributed by atoms with Gasteiger partial charge in [-0.15, -0.1) is 0 Å². The Kier molecular flexibility index (Phi) is 5.43. The first-order valence-corrected chi connectivity index (χ1v) is 6.98. The molecule has 2 nitrogen and oxygen atoms in total. The van der Waals surface area contributed by atoms with E-state index in [0.29, 0.717) is 6.04 Å². The van der Waals surface area contributed by atoms with Crippen molar-refractivity contribution < 1.29 is 5.11 Å². The van der Waals surface area contributed by atoms with E-state index in [2.05, 4.69) is 29.6 Å². The second-order valence-corrected chi connectivity index (χ2v) is 4.99. The third kappa shape index (κ3) is 3.97. The van der Waals surface area contributed by atoms with Crippen molar-refractivity contribution in [2.24, 2.45) is 0 Å². The lowest BCUT2D eigenvalue weighted by molar-refractivity contribution is 0.236. The highest BCUT2D eigenvalue weighted by Crippen LogP contribution is 2.17. The average Bonchev–Trinajstić information content (AvgIpc) is 2.39. The van der Waals surface area contributed by atoms with Gasteiger partial charge in [0.15, 0.2) is 0 Å². The van der Waals surface area contributed by atoms with Crippen LogP contribution in [0.4, 0.5) is 0 Å². The highest BCUT2D eigenvalue weighted by molar-refractivity contribution is 5.19. The molecule has 0 radical (unpaired) electrons. The van der Waals surface area contributed by atoms with Gasteiger partial charge >= 0.3 is 0 Å². The first kappa shape index (κ1) is 13.3. The van der Waals surface area contributed by atoms with Crippen molar-refractivity contribution in [2.45, 2.75) is 44.2 Å². The summed E-state index contributed by atoms with van der Waals surface area (Å²) in [7, 11) is 0. The molecule has 0 aromatic heterocycles. The summed E-state index contributed by atoms with van der Waals surface area (Å²) in [6.45, 7) is 0.147. The summed E-state index contributed by atoms with van der Waals surface area (Å²) in [5.41, 5.74) is 1.16. The van der Waals surface area contributed by atoms with Crippen LogP contribution in [0.2, 0.25) is 0 Å². The second-order valence-electron chi connectivity index (χ2n) is 4.99. The van der Waals surface area contributed by atoms with Crippen molar-refractivity contribution in [3.8, 4) is 0 Å². The standard InChI is InChI=1S/C16H23NO/c18-13-16(14-9-5-4-6-10-14)17-15-11-7-2-1-3-8-12-15/h4-7,9-11,15-18H,1-3,8,12-13H2/b11-7+. The molecule has 0 spiro atoms. The first-order chi connectivity index (χ1) is 8.90. The minimum absolute atomic E-state index is 0.0419. The summed E-state index contributed by atoms with van der Waals surface area (Å²) in [6.07, 6.45) is 10.8. The maximum Gasteiger partial charge on any atom is 0.0626 e. The van der Waals surface area contributed by atoms with E-state index in [1.165, 1.54) is 32.1 Å². The summed E-state index contributed by atoms with van der Waals surface area (Å²) in [5, 5.41) is 13.1. The largest absolute Gasteiger partial charge is 0.394 e. The second kappa shape index (κ2) is 7.34. The maximum absolute atomic E-state index is 9.55. The molecule has 0 heterocycles. The highest BCUT2D eigenvalue weighted by Gasteiger charge is 2.14. The summed E-state index contributed by atoms with van der Waals surface area (Å²) in [6, 6.07) is 10.6. The van der Waals surface area contributed by atoms with E-state index >= 15 is 0 Å². The molecule has 0 fully saturated rings. The number of nitrogens with one attached hydrogen (secondary N) is 1. The fourth-order valence-corrected chi connectivity index (χ4v) is 2.50. The third-order valence-corrected chi connectivity index (χ3v) is 3.55. The number of aliphatic hydroxyl groups is 1. The van der Waals surface area contributed by atoms with Gasteiger partial charge in [0.05, 0.1) is 12.6 Å². The van der Waals surface area contributed by atoms with Gasteiger partial charge in [-0.05, 0) is 24.8 Å². The molecule has 2 heteroatoms. The Morgan fingerprint density at radius 1 is 1.17 bits per heavy atom. The van der Waals surface area contributed by atoms with E-state index in [9.17, 15) is 5.11 Å². The van der Waals surface area contributed by atoms with Crippen molar-refractivity contribution in [3.63, 3.8) is 0 Å². The van der Waals surface area contributed by atoms with Gasteiger partial charge < -0.3 is 10.4 Å². The van der Waals surface area contributed by atoms with E-state index in [4.69, 9.17) is 0 Å². The topological polar surface area (TPSA) is 32.3 Å². The molecule has 18 heavy (non-hydrogen) atoms. The van der Waals surface area contributed by atoms with Crippen LogP contribution in [-0.4, -0.2) is 17.8 Å². The van der Waals surface area contributed by atoms with Crippen LogP contribution in [0.15, 0.2) is 42.5 Å². The van der Waals surface area contributed by atoms with Crippen LogP contribution in [0.25, 0.3) is 0 Å². The van der Waals surface area contributed by atoms with Crippen molar-refractivity contribution in [2.75, 3.05) is 6.61 Å². The summed E-state index contributed by atoms with van der Waals surface area (Å²) in [5.74, 6) is 0. The Morgan fingerprint density at radius 2 is 2.00 bits per heavy atom. The van der Waals surface area contributed by atoms with Gasteiger partial charge in [-0.2, -0.15) is 0 Å². The molecule has 0 amide bonds. The lowest BCUT2D eigenvalue weighted by Gasteiger charge is -2.23. The molecule has 2 rings (SSSR count). The lowest BCUT2D eigenvalue weighted by Crippen LogP contribution is -2.33. The van der Waals surface area contributed by atoms with Crippen molar-refractivity contribution in [3.05, 3.63) is 48.0 Å². The van der Waals surface area contributed by atoms with Crippen LogP contribution in [0.3, 0.4) is 0 Å². The van der Waals surface area contributed by atoms with Crippen LogP contribution in [0, 0.1) is 0 Å². The van der Waals surface area contributed by atoms with Crippen LogP contribution < -0.4 is 5.32 Å². The Morgan fingerprint density at radius 3 is 2.78 bits per heavy atom. The smallest absolute Gasteiger partial charge is 0.0626 e. The maximum atomic E-state index is 9.55. The van der Waals surface area contributed by atoms with Gasteiger partial charge in [-0.1, -0.05) is 55.3 Å². The van der Waals surface area contributed by atoms with Gasteiger partial charge in [0.2, 0.25) is 0 Å². The van der Waals surface area contributed by atoms with Crippen molar-refractivity contribution in [1.29, 1.82) is 0 Å². The summed E-state index contributed by atoms with van der Waals surface area (Å²) in [4.78, 5) is 0. The SMILES string of the molecule is OCC(NC1/C=C/CCCCC1)c1ccccc1. The van der Waals surface area contributed by atoms with E-state index in [-0.39, 0.29) is 12.6 Å². The molecule has 1 aromatic carbocycles. The van der Waals surface area contributed by atoms with Gasteiger partial charge in [0.25, 0.3) is 0 Å². The molecule has 2 atom stereocenters. The average molecular weight is 245 g/mol. The number of hydrogen-bond donors (Lipinski definition) is 2. The number of aliphatic hydroxyl groups excluding tert-OH is 1. The van der Waals surface area contributed by atoms with Gasteiger partial charge in [0, 0.05) is 6.04 Å². The highest BCUT2D eigenvalue weighted by atomic mass is 16.3. The lowest BCUT2D eigenvalue weighted by atomic mass is 10.00. The van der Waals surface area contributed by atoms with Gasteiger partial charge in [0.1, 0.15) is 0 Å². The van der Waals surface area contributed by atoms with E-state index in [0.717, 1.165) is 5.56 Å². The normalized spacial score (nSPS) is 23.9. The van der Waals surface area contributed by atoms with Crippen LogP contribution in [0.1, 0.15) is 43.7 Å². The zero-order chi connectivity index (χ0) is 12.6. The molecular weight excluding hydrogens is 222 g/mol. The number of rotatable bonds is 4. The monoisotopic (exact) mass is 245 g/mol. The van der Waals surface area contributed by atoms with Crippen LogP contribution in [0.5, 0.6) is 0 Å². The third-order valence-electron chi connectivity index (χ3n) is 3.55. The zero-order valence-corrected chi connectivity index (χ0v) is 10.9. The Balaban J connectivity index is 1.98. The van der Waals surface area contributed by atoms with Crippen LogP contribution in [-0.2, 0) is 0 Å². The quantitative estimate of drug-likeness (QED) is 0.798. The molecule has 98 valence electrons. The molecule has 1 aromatic rings. The fraction of sp³-hybridized carbons (Fsp3) is 0.500. The Hall–Kier alpha value is -1.12. The molecule has 2 N–H and O–H groups in total. The predicted molar refractivity (Wildman–Crippen MR) is 75.4 cm³/mol. The zero-order valence-electron chi connectivity index (χ0n) is 10.9. The Bertz CT molecular complexity index is 361. The molecule has 1 aliphatic carbocycles. The number of hydrogen-bond acceptors (Lipinski definition) is 2.